The molecule has 6 heteroatoms. The van der Waals surface area contributed by atoms with Crippen LogP contribution >= 0.6 is 0 Å². The Bertz CT molecular complexity index is 817. The first-order chi connectivity index (χ1) is 10.9. The molecule has 2 unspecified atom stereocenters. The summed E-state index contributed by atoms with van der Waals surface area (Å²) in [6.07, 6.45) is -4.48. The minimum absolute atomic E-state index is 0.110. The highest BCUT2D eigenvalue weighted by molar-refractivity contribution is 6.10. The van der Waals surface area contributed by atoms with Crippen LogP contribution in [-0.4, -0.2) is 19.1 Å². The molecule has 2 aromatic rings. The number of halogens is 3. The zero-order chi connectivity index (χ0) is 16.4. The van der Waals surface area contributed by atoms with Gasteiger partial charge in [0.2, 0.25) is 0 Å². The van der Waals surface area contributed by atoms with E-state index in [1.165, 1.54) is 11.0 Å². The van der Waals surface area contributed by atoms with Crippen LogP contribution in [0.4, 0.5) is 18.9 Å². The predicted octanol–water partition coefficient (Wildman–Crippen LogP) is 3.11. The third-order valence-electron chi connectivity index (χ3n) is 4.66. The van der Waals surface area contributed by atoms with E-state index >= 15 is 0 Å². The van der Waals surface area contributed by atoms with Gasteiger partial charge in [0.1, 0.15) is 6.04 Å². The lowest BCUT2D eigenvalue weighted by atomic mass is 9.84. The second kappa shape index (κ2) is 4.35. The van der Waals surface area contributed by atoms with Gasteiger partial charge < -0.3 is 4.90 Å². The molecule has 0 fully saturated rings. The van der Waals surface area contributed by atoms with Crippen LogP contribution in [0.1, 0.15) is 22.7 Å². The van der Waals surface area contributed by atoms with Crippen molar-refractivity contribution in [1.82, 2.24) is 5.32 Å². The quantitative estimate of drug-likeness (QED) is 0.809. The van der Waals surface area contributed by atoms with Crippen LogP contribution < -0.4 is 10.2 Å². The molecule has 1 spiro atoms. The molecule has 2 atom stereocenters. The molecule has 2 aromatic carbocycles. The maximum atomic E-state index is 13.5. The Morgan fingerprint density at radius 1 is 1.04 bits per heavy atom. The number of nitrogens with zero attached hydrogens (tertiary/aromatic N) is 1. The number of nitrogens with one attached hydrogen (secondary N) is 1. The van der Waals surface area contributed by atoms with E-state index in [1.54, 1.807) is 49.5 Å². The van der Waals surface area contributed by atoms with E-state index in [2.05, 4.69) is 5.32 Å². The number of rotatable bonds is 0. The number of fused-ring (bicyclic) bond motifs is 4. The molecule has 1 amide bonds. The van der Waals surface area contributed by atoms with Crippen molar-refractivity contribution in [3.63, 3.8) is 0 Å². The summed E-state index contributed by atoms with van der Waals surface area (Å²) in [5.41, 5.74) is 0.208. The topological polar surface area (TPSA) is 32.3 Å². The largest absolute Gasteiger partial charge is 0.407 e. The van der Waals surface area contributed by atoms with Gasteiger partial charge in [-0.15, -0.1) is 0 Å². The van der Waals surface area contributed by atoms with Crippen LogP contribution in [-0.2, 0) is 10.3 Å². The predicted molar refractivity (Wildman–Crippen MR) is 79.0 cm³/mol. The van der Waals surface area contributed by atoms with Gasteiger partial charge in [0.05, 0.1) is 0 Å². The van der Waals surface area contributed by atoms with Gasteiger partial charge in [0, 0.05) is 18.3 Å². The number of carbonyl (C=O) groups is 1. The van der Waals surface area contributed by atoms with Crippen molar-refractivity contribution in [2.24, 2.45) is 0 Å². The Hall–Kier alpha value is -2.34. The van der Waals surface area contributed by atoms with Gasteiger partial charge in [0.25, 0.3) is 5.91 Å². The number of likely N-dealkylation sites (N-methyl/N-ethyl adjacent to an activating group) is 1. The SMILES string of the molecule is CN1C(=O)C2(NC(C(F)(F)F)c3ccccc32)c2ccccc21. The Labute approximate surface area is 130 Å². The maximum Gasteiger partial charge on any atom is 0.407 e. The van der Waals surface area contributed by atoms with Crippen molar-refractivity contribution in [1.29, 1.82) is 0 Å². The Balaban J connectivity index is 2.02. The zero-order valence-corrected chi connectivity index (χ0v) is 12.2. The third-order valence-corrected chi connectivity index (χ3v) is 4.66. The van der Waals surface area contributed by atoms with Crippen molar-refractivity contribution in [2.75, 3.05) is 11.9 Å². The Morgan fingerprint density at radius 2 is 1.65 bits per heavy atom. The monoisotopic (exact) mass is 318 g/mol. The van der Waals surface area contributed by atoms with E-state index < -0.39 is 23.7 Å². The number of anilines is 1. The lowest BCUT2D eigenvalue weighted by Crippen LogP contribution is -2.49. The van der Waals surface area contributed by atoms with E-state index in [0.717, 1.165) is 0 Å². The normalized spacial score (nSPS) is 25.8. The van der Waals surface area contributed by atoms with E-state index in [0.29, 0.717) is 16.8 Å². The molecule has 118 valence electrons. The van der Waals surface area contributed by atoms with Gasteiger partial charge in [-0.2, -0.15) is 13.2 Å². The number of hydrogen-bond acceptors (Lipinski definition) is 2. The summed E-state index contributed by atoms with van der Waals surface area (Å²) in [6.45, 7) is 0. The van der Waals surface area contributed by atoms with E-state index in [9.17, 15) is 18.0 Å². The summed E-state index contributed by atoms with van der Waals surface area (Å²) < 4.78 is 40.5. The van der Waals surface area contributed by atoms with Crippen molar-refractivity contribution in [3.8, 4) is 0 Å². The van der Waals surface area contributed by atoms with E-state index in [4.69, 9.17) is 0 Å². The van der Waals surface area contributed by atoms with E-state index in [-0.39, 0.29) is 5.56 Å². The number of para-hydroxylation sites is 1. The van der Waals surface area contributed by atoms with Crippen molar-refractivity contribution in [2.45, 2.75) is 17.8 Å². The first-order valence-corrected chi connectivity index (χ1v) is 7.19. The molecule has 0 saturated heterocycles. The minimum atomic E-state index is -4.48. The van der Waals surface area contributed by atoms with Crippen LogP contribution in [0.2, 0.25) is 0 Å². The standard InChI is InChI=1S/C17H13F3N2O/c1-22-13-9-5-4-8-12(13)16(15(22)23)11-7-3-2-6-10(11)14(21-16)17(18,19)20/h2-9,14,21H,1H3. The lowest BCUT2D eigenvalue weighted by Gasteiger charge is -2.26. The average molecular weight is 318 g/mol. The Kier molecular flexibility index (Phi) is 2.70. The molecule has 1 N–H and O–H groups in total. The average Bonchev–Trinajstić information content (AvgIpc) is 2.99. The first kappa shape index (κ1) is 14.3. The molecule has 3 nitrogen and oxygen atoms in total. The second-order valence-electron chi connectivity index (χ2n) is 5.84. The molecule has 23 heavy (non-hydrogen) atoms. The van der Waals surface area contributed by atoms with Gasteiger partial charge in [-0.25, -0.2) is 0 Å². The van der Waals surface area contributed by atoms with Gasteiger partial charge in [-0.3, -0.25) is 10.1 Å². The second-order valence-corrected chi connectivity index (χ2v) is 5.84. The van der Waals surface area contributed by atoms with Gasteiger partial charge >= 0.3 is 6.18 Å². The molecule has 0 radical (unpaired) electrons. The highest BCUT2D eigenvalue weighted by Gasteiger charge is 2.61. The van der Waals surface area contributed by atoms with Crippen molar-refractivity contribution >= 4 is 11.6 Å². The van der Waals surface area contributed by atoms with Crippen LogP contribution in [0.3, 0.4) is 0 Å². The lowest BCUT2D eigenvalue weighted by molar-refractivity contribution is -0.159. The molecule has 0 aromatic heterocycles. The minimum Gasteiger partial charge on any atom is -0.313 e. The number of benzene rings is 2. The zero-order valence-electron chi connectivity index (χ0n) is 12.2. The summed E-state index contributed by atoms with van der Waals surface area (Å²) in [4.78, 5) is 14.3. The van der Waals surface area contributed by atoms with Crippen LogP contribution in [0.5, 0.6) is 0 Å². The molecule has 0 bridgehead atoms. The Morgan fingerprint density at radius 3 is 2.35 bits per heavy atom. The molecule has 4 rings (SSSR count). The molecule has 2 heterocycles. The van der Waals surface area contributed by atoms with Crippen LogP contribution in [0.25, 0.3) is 0 Å². The maximum absolute atomic E-state index is 13.5. The fourth-order valence-corrected chi connectivity index (χ4v) is 3.68. The van der Waals surface area contributed by atoms with Crippen LogP contribution in [0, 0.1) is 0 Å². The summed E-state index contributed by atoms with van der Waals surface area (Å²) in [6, 6.07) is 11.4. The molecular formula is C17H13F3N2O. The van der Waals surface area contributed by atoms with Crippen LogP contribution in [0.15, 0.2) is 48.5 Å². The van der Waals surface area contributed by atoms with Gasteiger partial charge in [-0.1, -0.05) is 42.5 Å². The fraction of sp³-hybridized carbons (Fsp3) is 0.235. The number of hydrogen-bond donors (Lipinski definition) is 1. The summed E-state index contributed by atoms with van der Waals surface area (Å²) in [5.74, 6) is -0.391. The third kappa shape index (κ3) is 1.67. The van der Waals surface area contributed by atoms with Crippen molar-refractivity contribution < 1.29 is 18.0 Å². The van der Waals surface area contributed by atoms with E-state index in [1.807, 2.05) is 0 Å². The molecule has 0 aliphatic carbocycles. The van der Waals surface area contributed by atoms with Gasteiger partial charge in [-0.05, 0) is 17.2 Å². The number of alkyl halides is 3. The first-order valence-electron chi connectivity index (χ1n) is 7.19. The van der Waals surface area contributed by atoms with Crippen molar-refractivity contribution in [3.05, 3.63) is 65.2 Å². The van der Waals surface area contributed by atoms with Gasteiger partial charge in [0.15, 0.2) is 5.54 Å². The molecule has 0 saturated carbocycles. The number of carbonyl (C=O) groups excluding carboxylic acids is 1. The summed E-state index contributed by atoms with van der Waals surface area (Å²) in [7, 11) is 1.58. The summed E-state index contributed by atoms with van der Waals surface area (Å²) >= 11 is 0. The smallest absolute Gasteiger partial charge is 0.313 e. The number of amides is 1. The molecule has 2 aliphatic heterocycles. The summed E-state index contributed by atoms with van der Waals surface area (Å²) in [5, 5.41) is 2.59. The molecule has 2 aliphatic rings. The highest BCUT2D eigenvalue weighted by Crippen LogP contribution is 2.53. The fourth-order valence-electron chi connectivity index (χ4n) is 3.68. The highest BCUT2D eigenvalue weighted by atomic mass is 19.4. The molecular weight excluding hydrogens is 305 g/mol.